The molecule has 1 aromatic carbocycles. The van der Waals surface area contributed by atoms with Crippen molar-refractivity contribution >= 4 is 27.4 Å². The van der Waals surface area contributed by atoms with Gasteiger partial charge in [-0.25, -0.2) is 13.6 Å². The van der Waals surface area contributed by atoms with Crippen molar-refractivity contribution in [2.45, 2.75) is 31.8 Å². The Morgan fingerprint density at radius 3 is 2.50 bits per heavy atom. The number of carbonyl (C=O) groups excluding carboxylic acids is 1. The minimum Gasteiger partial charge on any atom is -0.491 e. The first kappa shape index (κ1) is 21.9. The lowest BCUT2D eigenvalue weighted by Crippen LogP contribution is -2.15. The minimum atomic E-state index is -4.11. The molecule has 0 saturated heterocycles. The summed E-state index contributed by atoms with van der Waals surface area (Å²) >= 11 is 6.14. The van der Waals surface area contributed by atoms with Gasteiger partial charge >= 0.3 is 0 Å². The molecular weight excluding hydrogens is 426 g/mol. The van der Waals surface area contributed by atoms with Gasteiger partial charge in [0.1, 0.15) is 11.4 Å². The van der Waals surface area contributed by atoms with Crippen LogP contribution in [0.25, 0.3) is 11.1 Å². The second-order valence-electron chi connectivity index (χ2n) is 6.88. The Bertz CT molecular complexity index is 1230. The van der Waals surface area contributed by atoms with Gasteiger partial charge in [0.05, 0.1) is 16.0 Å². The number of pyridine rings is 2. The van der Waals surface area contributed by atoms with E-state index in [-0.39, 0.29) is 32.8 Å². The average Bonchev–Trinajstić information content (AvgIpc) is 2.66. The van der Waals surface area contributed by atoms with Crippen molar-refractivity contribution in [3.63, 3.8) is 0 Å². The summed E-state index contributed by atoms with van der Waals surface area (Å²) in [6.45, 7) is 5.39. The fourth-order valence-corrected chi connectivity index (χ4v) is 3.88. The highest BCUT2D eigenvalue weighted by Gasteiger charge is 2.24. The molecule has 0 fully saturated rings. The number of benzene rings is 1. The van der Waals surface area contributed by atoms with E-state index in [4.69, 9.17) is 21.5 Å². The first-order valence-electron chi connectivity index (χ1n) is 9.03. The predicted molar refractivity (Wildman–Crippen MR) is 114 cm³/mol. The summed E-state index contributed by atoms with van der Waals surface area (Å²) in [5, 5.41) is 5.66. The average molecular weight is 446 g/mol. The van der Waals surface area contributed by atoms with Gasteiger partial charge < -0.3 is 4.74 Å². The lowest BCUT2D eigenvalue weighted by Gasteiger charge is -2.16. The van der Waals surface area contributed by atoms with E-state index in [1.165, 1.54) is 30.5 Å². The van der Waals surface area contributed by atoms with Crippen LogP contribution < -0.4 is 9.88 Å². The highest BCUT2D eigenvalue weighted by molar-refractivity contribution is 7.89. The van der Waals surface area contributed by atoms with Crippen LogP contribution in [0.1, 0.15) is 35.6 Å². The van der Waals surface area contributed by atoms with E-state index in [1.807, 2.05) is 13.8 Å². The van der Waals surface area contributed by atoms with Gasteiger partial charge in [0, 0.05) is 34.8 Å². The Balaban J connectivity index is 2.29. The SMILES string of the molecule is Cc1ncccc1C(=O)c1ncc(Cl)cc1-c1cc(OC(C)C)ccc1S(N)(=O)=O. The molecule has 7 nitrogen and oxygen atoms in total. The zero-order valence-corrected chi connectivity index (χ0v) is 18.2. The molecule has 2 N–H and O–H groups in total. The Kier molecular flexibility index (Phi) is 6.21. The third kappa shape index (κ3) is 4.67. The molecule has 30 heavy (non-hydrogen) atoms. The number of rotatable bonds is 6. The molecule has 3 rings (SSSR count). The Morgan fingerprint density at radius 1 is 1.13 bits per heavy atom. The predicted octanol–water partition coefficient (Wildman–Crippen LogP) is 3.77. The van der Waals surface area contributed by atoms with E-state index in [2.05, 4.69) is 9.97 Å². The molecule has 2 heterocycles. The van der Waals surface area contributed by atoms with Crippen molar-refractivity contribution in [1.29, 1.82) is 0 Å². The van der Waals surface area contributed by atoms with Crippen molar-refractivity contribution in [2.75, 3.05) is 0 Å². The number of aromatic nitrogens is 2. The number of halogens is 1. The van der Waals surface area contributed by atoms with Crippen LogP contribution in [0.2, 0.25) is 5.02 Å². The summed E-state index contributed by atoms with van der Waals surface area (Å²) in [7, 11) is -4.11. The fourth-order valence-electron chi connectivity index (χ4n) is 2.99. The smallest absolute Gasteiger partial charge is 0.238 e. The molecule has 3 aromatic rings. The van der Waals surface area contributed by atoms with Gasteiger partial charge in [0.2, 0.25) is 15.8 Å². The van der Waals surface area contributed by atoms with Gasteiger partial charge in [0.15, 0.2) is 0 Å². The van der Waals surface area contributed by atoms with Crippen LogP contribution >= 0.6 is 11.6 Å². The number of sulfonamides is 1. The first-order valence-corrected chi connectivity index (χ1v) is 11.0. The van der Waals surface area contributed by atoms with E-state index >= 15 is 0 Å². The minimum absolute atomic E-state index is 0.0297. The molecule has 0 saturated carbocycles. The summed E-state index contributed by atoms with van der Waals surface area (Å²) < 4.78 is 30.2. The van der Waals surface area contributed by atoms with Gasteiger partial charge in [-0.3, -0.25) is 14.8 Å². The van der Waals surface area contributed by atoms with Crippen molar-refractivity contribution < 1.29 is 17.9 Å². The summed E-state index contributed by atoms with van der Waals surface area (Å²) in [6.07, 6.45) is 2.76. The van der Waals surface area contributed by atoms with E-state index in [0.717, 1.165) is 0 Å². The third-order valence-electron chi connectivity index (χ3n) is 4.24. The standard InChI is InChI=1S/C21H20ClN3O4S/c1-12(2)29-15-6-7-19(30(23,27)28)17(10-15)18-9-14(22)11-25-20(18)21(26)16-5-4-8-24-13(16)3/h4-12H,1-3H3,(H2,23,27,28). The van der Waals surface area contributed by atoms with Crippen LogP contribution in [-0.4, -0.2) is 30.3 Å². The molecule has 0 aliphatic carbocycles. The van der Waals surface area contributed by atoms with Gasteiger partial charge in [-0.1, -0.05) is 11.6 Å². The summed E-state index contributed by atoms with van der Waals surface area (Å²) in [4.78, 5) is 21.4. The molecule has 0 spiro atoms. The van der Waals surface area contributed by atoms with Gasteiger partial charge in [0.25, 0.3) is 0 Å². The first-order chi connectivity index (χ1) is 14.1. The largest absolute Gasteiger partial charge is 0.491 e. The normalized spacial score (nSPS) is 11.5. The van der Waals surface area contributed by atoms with E-state index in [0.29, 0.717) is 17.0 Å². The summed E-state index contributed by atoms with van der Waals surface area (Å²) in [5.41, 5.74) is 1.31. The van der Waals surface area contributed by atoms with Crippen LogP contribution in [0.15, 0.2) is 53.7 Å². The monoisotopic (exact) mass is 445 g/mol. The number of primary sulfonamides is 1. The number of carbonyl (C=O) groups is 1. The topological polar surface area (TPSA) is 112 Å². The lowest BCUT2D eigenvalue weighted by atomic mass is 9.97. The molecule has 0 aliphatic rings. The van der Waals surface area contributed by atoms with Gasteiger partial charge in [-0.05, 0) is 57.2 Å². The number of nitrogens with two attached hydrogens (primary N) is 1. The van der Waals surface area contributed by atoms with Crippen molar-refractivity contribution in [3.05, 3.63) is 70.8 Å². The summed E-state index contributed by atoms with van der Waals surface area (Å²) in [5.74, 6) is 0.00569. The fraction of sp³-hybridized carbons (Fsp3) is 0.190. The zero-order chi connectivity index (χ0) is 22.1. The zero-order valence-electron chi connectivity index (χ0n) is 16.6. The molecule has 0 radical (unpaired) electrons. The van der Waals surface area contributed by atoms with Crippen molar-refractivity contribution in [1.82, 2.24) is 9.97 Å². The molecule has 0 bridgehead atoms. The highest BCUT2D eigenvalue weighted by atomic mass is 35.5. The third-order valence-corrected chi connectivity index (χ3v) is 5.42. The molecule has 0 aliphatic heterocycles. The molecule has 2 aromatic heterocycles. The van der Waals surface area contributed by atoms with Crippen LogP contribution in [0.5, 0.6) is 5.75 Å². The Hall–Kier alpha value is -2.81. The second kappa shape index (κ2) is 8.51. The quantitative estimate of drug-likeness (QED) is 0.578. The Morgan fingerprint density at radius 2 is 1.87 bits per heavy atom. The second-order valence-corrected chi connectivity index (χ2v) is 8.85. The van der Waals surface area contributed by atoms with Gasteiger partial charge in [-0.2, -0.15) is 0 Å². The van der Waals surface area contributed by atoms with Crippen LogP contribution in [0.3, 0.4) is 0 Å². The van der Waals surface area contributed by atoms with Crippen molar-refractivity contribution in [2.24, 2.45) is 5.14 Å². The maximum absolute atomic E-state index is 13.2. The molecule has 0 atom stereocenters. The maximum atomic E-state index is 13.2. The van der Waals surface area contributed by atoms with Crippen LogP contribution in [-0.2, 0) is 10.0 Å². The number of hydrogen-bond acceptors (Lipinski definition) is 6. The highest BCUT2D eigenvalue weighted by Crippen LogP contribution is 2.35. The van der Waals surface area contributed by atoms with Crippen molar-refractivity contribution in [3.8, 4) is 16.9 Å². The molecule has 0 amide bonds. The number of aryl methyl sites for hydroxylation is 1. The molecule has 9 heteroatoms. The Labute approximate surface area is 179 Å². The van der Waals surface area contributed by atoms with Gasteiger partial charge in [-0.15, -0.1) is 0 Å². The number of nitrogens with zero attached hydrogens (tertiary/aromatic N) is 2. The van der Waals surface area contributed by atoms with Crippen LogP contribution in [0, 0.1) is 6.92 Å². The van der Waals surface area contributed by atoms with E-state index < -0.39 is 15.8 Å². The lowest BCUT2D eigenvalue weighted by molar-refractivity contribution is 0.103. The van der Waals surface area contributed by atoms with E-state index in [9.17, 15) is 13.2 Å². The maximum Gasteiger partial charge on any atom is 0.238 e. The van der Waals surface area contributed by atoms with Crippen LogP contribution in [0.4, 0.5) is 0 Å². The summed E-state index contributed by atoms with van der Waals surface area (Å²) in [6, 6.07) is 9.11. The molecule has 0 unspecified atom stereocenters. The molecular formula is C21H20ClN3O4S. The number of ether oxygens (including phenoxy) is 1. The number of ketones is 1. The number of hydrogen-bond donors (Lipinski definition) is 1. The van der Waals surface area contributed by atoms with E-state index in [1.54, 1.807) is 25.3 Å². The molecule has 156 valence electrons.